The molecule has 0 radical (unpaired) electrons. The maximum atomic E-state index is 11.7. The van der Waals surface area contributed by atoms with Gasteiger partial charge in [-0.2, -0.15) is 0 Å². The van der Waals surface area contributed by atoms with Gasteiger partial charge >= 0.3 is 184 Å². The molecule has 5 nitrogen and oxygen atoms in total. The number of ether oxygens (including phenoxy) is 2. The predicted molar refractivity (Wildman–Crippen MR) is 118 cm³/mol. The first-order valence-electron chi connectivity index (χ1n) is 9.42. The molecule has 1 aromatic rings. The summed E-state index contributed by atoms with van der Waals surface area (Å²) in [6.45, 7) is 12.3. The average molecular weight is 538 g/mol. The first-order valence-corrected chi connectivity index (χ1v) is 15.3. The van der Waals surface area contributed by atoms with Gasteiger partial charge < -0.3 is 0 Å². The Morgan fingerprint density at radius 1 is 1.29 bits per heavy atom. The number of aliphatic hydroxyl groups excluding tert-OH is 1. The van der Waals surface area contributed by atoms with E-state index >= 15 is 0 Å². The molecule has 1 saturated heterocycles. The van der Waals surface area contributed by atoms with E-state index in [9.17, 15) is 9.90 Å². The number of halogens is 1. The Hall–Kier alpha value is -0.214. The number of aliphatic hydroxyl groups is 1. The van der Waals surface area contributed by atoms with E-state index in [4.69, 9.17) is 13.9 Å². The van der Waals surface area contributed by atoms with E-state index in [1.165, 1.54) is 6.92 Å². The molecule has 0 unspecified atom stereocenters. The van der Waals surface area contributed by atoms with Gasteiger partial charge in [-0.05, 0) is 0 Å². The molecular weight excluding hydrogens is 507 g/mol. The van der Waals surface area contributed by atoms with Gasteiger partial charge in [0.2, 0.25) is 0 Å². The minimum absolute atomic E-state index is 0.00382. The van der Waals surface area contributed by atoms with E-state index in [0.29, 0.717) is 5.33 Å². The fraction of sp³-hybridized carbons (Fsp3) is 0.650. The molecule has 2 rings (SSSR count). The van der Waals surface area contributed by atoms with E-state index in [1.807, 2.05) is 18.2 Å². The number of esters is 1. The van der Waals surface area contributed by atoms with Gasteiger partial charge in [-0.3, -0.25) is 0 Å². The standard InChI is InChI=1S/C20H31BrO5SeSi/c1-13(22)24-19-18(27-14-10-8-7-9-11-14)17(16(23)15(12-21)25-19)26-28(5,6)20(2,3)4/h7-11,15-19,23H,12H2,1-6H3/t15-,16-,17+,18+,19+/m1/s1. The molecule has 0 amide bonds. The molecule has 158 valence electrons. The molecular formula is C20H31BrO5SeSi. The Labute approximate surface area is 183 Å². The summed E-state index contributed by atoms with van der Waals surface area (Å²) < 4.78 is 19.4. The fourth-order valence-electron chi connectivity index (χ4n) is 2.71. The van der Waals surface area contributed by atoms with Gasteiger partial charge in [0, 0.05) is 0 Å². The Bertz CT molecular complexity index is 652. The van der Waals surface area contributed by atoms with Crippen molar-refractivity contribution in [3.63, 3.8) is 0 Å². The van der Waals surface area contributed by atoms with Crippen LogP contribution in [0, 0.1) is 0 Å². The number of rotatable bonds is 6. The van der Waals surface area contributed by atoms with Crippen LogP contribution in [0.3, 0.4) is 0 Å². The van der Waals surface area contributed by atoms with E-state index < -0.39 is 38.9 Å². The quantitative estimate of drug-likeness (QED) is 0.343. The third-order valence-corrected chi connectivity index (χ3v) is 13.2. The number of carbonyl (C=O) groups excluding carboxylic acids is 1. The summed E-state index contributed by atoms with van der Waals surface area (Å²) in [7, 11) is -2.17. The van der Waals surface area contributed by atoms with E-state index in [-0.39, 0.29) is 24.8 Å². The van der Waals surface area contributed by atoms with Gasteiger partial charge in [-0.1, -0.05) is 0 Å². The summed E-state index contributed by atoms with van der Waals surface area (Å²) in [5.74, 6) is -0.394. The minimum atomic E-state index is -2.17. The molecule has 1 fully saturated rings. The molecule has 1 N–H and O–H groups in total. The van der Waals surface area contributed by atoms with Gasteiger partial charge in [0.15, 0.2) is 0 Å². The van der Waals surface area contributed by atoms with Crippen molar-refractivity contribution in [1.29, 1.82) is 0 Å². The van der Waals surface area contributed by atoms with Crippen molar-refractivity contribution in [2.24, 2.45) is 0 Å². The van der Waals surface area contributed by atoms with Gasteiger partial charge in [0.1, 0.15) is 0 Å². The second-order valence-electron chi connectivity index (χ2n) is 8.54. The Morgan fingerprint density at radius 2 is 1.89 bits per heavy atom. The van der Waals surface area contributed by atoms with Crippen molar-refractivity contribution >= 4 is 49.6 Å². The average Bonchev–Trinajstić information content (AvgIpc) is 2.59. The molecule has 1 aromatic carbocycles. The van der Waals surface area contributed by atoms with Crippen molar-refractivity contribution in [1.82, 2.24) is 0 Å². The number of alkyl halides is 1. The normalized spacial score (nSPS) is 28.8. The molecule has 8 heteroatoms. The maximum absolute atomic E-state index is 11.7. The van der Waals surface area contributed by atoms with Crippen molar-refractivity contribution in [2.45, 2.75) is 75.2 Å². The van der Waals surface area contributed by atoms with Gasteiger partial charge in [-0.25, -0.2) is 0 Å². The van der Waals surface area contributed by atoms with Crippen LogP contribution in [-0.2, 0) is 18.7 Å². The fourth-order valence-corrected chi connectivity index (χ4v) is 7.32. The first-order chi connectivity index (χ1) is 13.0. The zero-order chi connectivity index (χ0) is 21.1. The van der Waals surface area contributed by atoms with Crippen LogP contribution in [0.4, 0.5) is 0 Å². The Kier molecular flexibility index (Phi) is 8.36. The topological polar surface area (TPSA) is 65.0 Å². The number of benzene rings is 1. The number of hydrogen-bond acceptors (Lipinski definition) is 5. The van der Waals surface area contributed by atoms with Crippen LogP contribution in [0.2, 0.25) is 22.9 Å². The SMILES string of the molecule is CC(=O)O[C@H]1O[C@H](CBr)[C@@H](O)[C@H](O[Si](C)(C)C(C)(C)C)[C@@H]1[Se]c1ccccc1. The zero-order valence-corrected chi connectivity index (χ0v) is 21.6. The van der Waals surface area contributed by atoms with Crippen molar-refractivity contribution in [3.05, 3.63) is 30.3 Å². The molecule has 0 aromatic heterocycles. The van der Waals surface area contributed by atoms with E-state index in [2.05, 4.69) is 61.9 Å². The zero-order valence-electron chi connectivity index (χ0n) is 17.3. The van der Waals surface area contributed by atoms with Crippen LogP contribution < -0.4 is 4.46 Å². The molecule has 0 spiro atoms. The number of carbonyl (C=O) groups is 1. The van der Waals surface area contributed by atoms with Crippen LogP contribution >= 0.6 is 15.9 Å². The van der Waals surface area contributed by atoms with Gasteiger partial charge in [-0.15, -0.1) is 0 Å². The summed E-state index contributed by atoms with van der Waals surface area (Å²) >= 11 is 3.31. The van der Waals surface area contributed by atoms with Crippen LogP contribution in [0.5, 0.6) is 0 Å². The summed E-state index contributed by atoms with van der Waals surface area (Å²) in [4.78, 5) is 11.5. The van der Waals surface area contributed by atoms with Crippen molar-refractivity contribution in [3.8, 4) is 0 Å². The third kappa shape index (κ3) is 5.91. The molecule has 0 aliphatic carbocycles. The van der Waals surface area contributed by atoms with Crippen LogP contribution in [0.25, 0.3) is 0 Å². The Balaban J connectivity index is 2.40. The summed E-state index contributed by atoms with van der Waals surface area (Å²) in [5.41, 5.74) is 0. The molecule has 0 bridgehead atoms. The number of hydrogen-bond donors (Lipinski definition) is 1. The molecule has 1 aliphatic heterocycles. The Morgan fingerprint density at radius 3 is 2.39 bits per heavy atom. The summed E-state index contributed by atoms with van der Waals surface area (Å²) in [6, 6.07) is 10.1. The first kappa shape index (κ1) is 24.1. The molecule has 0 saturated carbocycles. The van der Waals surface area contributed by atoms with Crippen LogP contribution in [0.15, 0.2) is 30.3 Å². The molecule has 28 heavy (non-hydrogen) atoms. The van der Waals surface area contributed by atoms with Crippen LogP contribution in [-0.4, -0.2) is 64.3 Å². The van der Waals surface area contributed by atoms with E-state index in [1.54, 1.807) is 0 Å². The predicted octanol–water partition coefficient (Wildman–Crippen LogP) is 3.24. The molecule has 5 atom stereocenters. The second kappa shape index (κ2) is 9.73. The van der Waals surface area contributed by atoms with E-state index in [0.717, 1.165) is 4.46 Å². The molecule has 1 heterocycles. The van der Waals surface area contributed by atoms with Crippen molar-refractivity contribution < 1.29 is 23.8 Å². The monoisotopic (exact) mass is 538 g/mol. The van der Waals surface area contributed by atoms with Gasteiger partial charge in [0.05, 0.1) is 0 Å². The summed E-state index contributed by atoms with van der Waals surface area (Å²) in [5, 5.41) is 11.5. The molecule has 1 aliphatic rings. The van der Waals surface area contributed by atoms with Gasteiger partial charge in [0.25, 0.3) is 0 Å². The third-order valence-electron chi connectivity index (χ3n) is 5.30. The van der Waals surface area contributed by atoms with Crippen molar-refractivity contribution in [2.75, 3.05) is 5.33 Å². The summed E-state index contributed by atoms with van der Waals surface area (Å²) in [6.07, 6.45) is -2.49. The van der Waals surface area contributed by atoms with Crippen LogP contribution in [0.1, 0.15) is 27.7 Å². The second-order valence-corrected chi connectivity index (χ2v) is 16.6.